The Hall–Kier alpha value is -2.59. The molecule has 2 aromatic rings. The molecule has 0 radical (unpaired) electrons. The Kier molecular flexibility index (Phi) is 2.78. The fraction of sp³-hybridized carbons (Fsp3) is 0.250. The minimum Gasteiger partial charge on any atom is -0.382 e. The summed E-state index contributed by atoms with van der Waals surface area (Å²) in [7, 11) is 0. The molecule has 2 aromatic heterocycles. The monoisotopic (exact) mass is 255 g/mol. The molecule has 0 unspecified atom stereocenters. The summed E-state index contributed by atoms with van der Waals surface area (Å²) in [5.74, 6) is 0.867. The second-order valence-corrected chi connectivity index (χ2v) is 4.34. The third kappa shape index (κ3) is 1.98. The fourth-order valence-electron chi connectivity index (χ4n) is 1.91. The van der Waals surface area contributed by atoms with E-state index in [9.17, 15) is 5.26 Å². The summed E-state index contributed by atoms with van der Waals surface area (Å²) in [5, 5.41) is 20.0. The van der Waals surface area contributed by atoms with Crippen LogP contribution in [0.4, 0.5) is 11.6 Å². The van der Waals surface area contributed by atoms with Crippen molar-refractivity contribution in [3.8, 4) is 11.8 Å². The maximum atomic E-state index is 9.21. The number of pyridine rings is 1. The molecule has 1 aliphatic heterocycles. The van der Waals surface area contributed by atoms with Crippen molar-refractivity contribution in [3.63, 3.8) is 0 Å². The van der Waals surface area contributed by atoms with Crippen LogP contribution in [0.1, 0.15) is 5.56 Å². The summed E-state index contributed by atoms with van der Waals surface area (Å²) in [6.45, 7) is 1.74. The third-order valence-corrected chi connectivity index (χ3v) is 3.06. The van der Waals surface area contributed by atoms with E-state index in [1.165, 1.54) is 0 Å². The molecule has 0 saturated carbocycles. The first-order chi connectivity index (χ1) is 9.29. The third-order valence-electron chi connectivity index (χ3n) is 3.06. The van der Waals surface area contributed by atoms with Gasteiger partial charge in [0.1, 0.15) is 17.5 Å². The lowest BCUT2D eigenvalue weighted by molar-refractivity contribution is 0.470. The van der Waals surface area contributed by atoms with Crippen molar-refractivity contribution in [1.29, 1.82) is 5.26 Å². The van der Waals surface area contributed by atoms with E-state index >= 15 is 0 Å². The Balaban J connectivity index is 1.99. The van der Waals surface area contributed by atoms with Crippen molar-refractivity contribution >= 4 is 11.6 Å². The van der Waals surface area contributed by atoms with E-state index in [-0.39, 0.29) is 0 Å². The highest BCUT2D eigenvalue weighted by Crippen LogP contribution is 2.24. The topological polar surface area (TPSA) is 105 Å². The summed E-state index contributed by atoms with van der Waals surface area (Å²) in [5.41, 5.74) is 7.14. The van der Waals surface area contributed by atoms with Crippen molar-refractivity contribution in [3.05, 3.63) is 30.1 Å². The number of hydrogen-bond acceptors (Lipinski definition) is 6. The minimum absolute atomic E-state index is 0.298. The largest absolute Gasteiger partial charge is 0.382 e. The van der Waals surface area contributed by atoms with E-state index in [0.29, 0.717) is 23.2 Å². The fourth-order valence-corrected chi connectivity index (χ4v) is 1.91. The number of nitrogens with one attached hydrogen (secondary N) is 2. The smallest absolute Gasteiger partial charge is 0.169 e. The Morgan fingerprint density at radius 2 is 2.16 bits per heavy atom. The zero-order chi connectivity index (χ0) is 13.2. The molecule has 0 aliphatic carbocycles. The van der Waals surface area contributed by atoms with Crippen LogP contribution in [0.3, 0.4) is 0 Å². The Morgan fingerprint density at radius 1 is 1.42 bits per heavy atom. The highest BCUT2D eigenvalue weighted by Gasteiger charge is 2.22. The Bertz CT molecular complexity index is 622. The molecule has 0 aromatic carbocycles. The molecule has 0 spiro atoms. The standard InChI is InChI=1S/C12H13N7/c13-5-10-11(14)19(9-1-3-15-4-2-9)18-12(10)17-8-6-16-7-8/h1-4,8,16H,6-7,14H2,(H,17,18). The van der Waals surface area contributed by atoms with E-state index in [1.54, 1.807) is 29.2 Å². The van der Waals surface area contributed by atoms with Gasteiger partial charge in [0.25, 0.3) is 0 Å². The summed E-state index contributed by atoms with van der Waals surface area (Å²) >= 11 is 0. The van der Waals surface area contributed by atoms with Crippen molar-refractivity contribution in [2.75, 3.05) is 24.1 Å². The van der Waals surface area contributed by atoms with Gasteiger partial charge < -0.3 is 16.4 Å². The molecule has 0 atom stereocenters. The summed E-state index contributed by atoms with van der Waals surface area (Å²) in [4.78, 5) is 3.95. The van der Waals surface area contributed by atoms with Crippen LogP contribution in [0, 0.1) is 11.3 Å². The molecule has 0 bridgehead atoms. The lowest BCUT2D eigenvalue weighted by Gasteiger charge is -2.27. The lowest BCUT2D eigenvalue weighted by Crippen LogP contribution is -2.51. The van der Waals surface area contributed by atoms with Crippen LogP contribution in [-0.4, -0.2) is 33.9 Å². The molecule has 4 N–H and O–H groups in total. The average Bonchev–Trinajstić information content (AvgIpc) is 2.71. The van der Waals surface area contributed by atoms with Crippen molar-refractivity contribution in [1.82, 2.24) is 20.1 Å². The molecule has 1 saturated heterocycles. The first-order valence-corrected chi connectivity index (χ1v) is 5.96. The second kappa shape index (κ2) is 4.59. The number of nitrogens with zero attached hydrogens (tertiary/aromatic N) is 4. The average molecular weight is 255 g/mol. The first-order valence-electron chi connectivity index (χ1n) is 5.96. The van der Waals surface area contributed by atoms with E-state index in [4.69, 9.17) is 5.73 Å². The number of anilines is 2. The van der Waals surface area contributed by atoms with Gasteiger partial charge in [-0.05, 0) is 12.1 Å². The van der Waals surface area contributed by atoms with Crippen LogP contribution in [0.5, 0.6) is 0 Å². The van der Waals surface area contributed by atoms with Crippen LogP contribution in [0.15, 0.2) is 24.5 Å². The molecule has 3 heterocycles. The molecule has 1 aliphatic rings. The number of hydrogen-bond donors (Lipinski definition) is 3. The van der Waals surface area contributed by atoms with Gasteiger partial charge in [0.2, 0.25) is 0 Å². The number of rotatable bonds is 3. The Morgan fingerprint density at radius 3 is 2.74 bits per heavy atom. The SMILES string of the molecule is N#Cc1c(NC2CNC2)nn(-c2ccncc2)c1N. The van der Waals surface area contributed by atoms with E-state index < -0.39 is 0 Å². The summed E-state index contributed by atoms with van der Waals surface area (Å²) in [6.07, 6.45) is 3.32. The normalized spacial score (nSPS) is 14.7. The predicted octanol–water partition coefficient (Wildman–Crippen LogP) is 0.105. The van der Waals surface area contributed by atoms with Gasteiger partial charge >= 0.3 is 0 Å². The van der Waals surface area contributed by atoms with Gasteiger partial charge in [-0.3, -0.25) is 4.98 Å². The van der Waals surface area contributed by atoms with E-state index in [1.807, 2.05) is 0 Å². The molecular weight excluding hydrogens is 242 g/mol. The van der Waals surface area contributed by atoms with E-state index in [0.717, 1.165) is 18.8 Å². The number of nitrogen functional groups attached to an aromatic ring is 1. The zero-order valence-corrected chi connectivity index (χ0v) is 10.2. The molecule has 7 nitrogen and oxygen atoms in total. The second-order valence-electron chi connectivity index (χ2n) is 4.34. The van der Waals surface area contributed by atoms with Crippen LogP contribution in [0.2, 0.25) is 0 Å². The Labute approximate surface area is 110 Å². The van der Waals surface area contributed by atoms with Gasteiger partial charge in [-0.2, -0.15) is 5.26 Å². The molecule has 0 amide bonds. The van der Waals surface area contributed by atoms with E-state index in [2.05, 4.69) is 26.8 Å². The van der Waals surface area contributed by atoms with Crippen molar-refractivity contribution in [2.24, 2.45) is 0 Å². The summed E-state index contributed by atoms with van der Waals surface area (Å²) < 4.78 is 1.55. The van der Waals surface area contributed by atoms with Gasteiger partial charge in [0.15, 0.2) is 5.82 Å². The van der Waals surface area contributed by atoms with Gasteiger partial charge in [-0.25, -0.2) is 4.68 Å². The molecule has 1 fully saturated rings. The van der Waals surface area contributed by atoms with Crippen LogP contribution in [-0.2, 0) is 0 Å². The maximum Gasteiger partial charge on any atom is 0.169 e. The van der Waals surface area contributed by atoms with Gasteiger partial charge in [-0.1, -0.05) is 0 Å². The lowest BCUT2D eigenvalue weighted by atomic mass is 10.2. The van der Waals surface area contributed by atoms with Gasteiger partial charge in [0.05, 0.1) is 11.7 Å². The predicted molar refractivity (Wildman–Crippen MR) is 70.8 cm³/mol. The number of nitrogens with two attached hydrogens (primary N) is 1. The quantitative estimate of drug-likeness (QED) is 0.718. The highest BCUT2D eigenvalue weighted by atomic mass is 15.4. The first kappa shape index (κ1) is 11.5. The zero-order valence-electron chi connectivity index (χ0n) is 10.2. The molecule has 3 rings (SSSR count). The number of nitriles is 1. The van der Waals surface area contributed by atoms with Gasteiger partial charge in [0, 0.05) is 25.5 Å². The van der Waals surface area contributed by atoms with Crippen molar-refractivity contribution in [2.45, 2.75) is 6.04 Å². The van der Waals surface area contributed by atoms with Gasteiger partial charge in [-0.15, -0.1) is 5.10 Å². The molecular formula is C12H13N7. The molecule has 7 heteroatoms. The number of aromatic nitrogens is 3. The minimum atomic E-state index is 0.298. The maximum absolute atomic E-state index is 9.21. The van der Waals surface area contributed by atoms with Crippen LogP contribution in [0.25, 0.3) is 5.69 Å². The van der Waals surface area contributed by atoms with Crippen LogP contribution >= 0.6 is 0 Å². The summed E-state index contributed by atoms with van der Waals surface area (Å²) in [6, 6.07) is 5.98. The molecule has 96 valence electrons. The van der Waals surface area contributed by atoms with Crippen molar-refractivity contribution < 1.29 is 0 Å². The van der Waals surface area contributed by atoms with Crippen LogP contribution < -0.4 is 16.4 Å². The highest BCUT2D eigenvalue weighted by molar-refractivity contribution is 5.66. The molecule has 19 heavy (non-hydrogen) atoms.